The Bertz CT molecular complexity index is 1090. The average Bonchev–Trinajstić information content (AvgIpc) is 3.58. The Labute approximate surface area is 175 Å². The zero-order chi connectivity index (χ0) is 20.7. The molecule has 0 bridgehead atoms. The van der Waals surface area contributed by atoms with E-state index in [1.54, 1.807) is 0 Å². The summed E-state index contributed by atoms with van der Waals surface area (Å²) in [6, 6.07) is 15.9. The molecule has 2 amide bonds. The Morgan fingerprint density at radius 3 is 2.30 bits per heavy atom. The van der Waals surface area contributed by atoms with Crippen LogP contribution in [0.3, 0.4) is 0 Å². The number of hydrogen-bond acceptors (Lipinski definition) is 3. The Morgan fingerprint density at radius 2 is 1.63 bits per heavy atom. The molecule has 6 heteroatoms. The summed E-state index contributed by atoms with van der Waals surface area (Å²) >= 11 is 0. The van der Waals surface area contributed by atoms with Crippen molar-refractivity contribution in [3.8, 4) is 11.4 Å². The number of likely N-dealkylation sites (tertiary alicyclic amines) is 1. The van der Waals surface area contributed by atoms with Crippen molar-refractivity contribution >= 4 is 28.5 Å². The zero-order valence-electron chi connectivity index (χ0n) is 17.2. The highest BCUT2D eigenvalue weighted by Gasteiger charge is 2.35. The van der Waals surface area contributed by atoms with Gasteiger partial charge in [0.25, 0.3) is 0 Å². The summed E-state index contributed by atoms with van der Waals surface area (Å²) in [4.78, 5) is 31.5. The number of fused-ring (bicyclic) bond motifs is 1. The summed E-state index contributed by atoms with van der Waals surface area (Å²) in [6.45, 7) is 1.39. The van der Waals surface area contributed by atoms with Gasteiger partial charge in [-0.25, -0.2) is 4.98 Å². The van der Waals surface area contributed by atoms with Crippen LogP contribution in [-0.2, 0) is 16.6 Å². The van der Waals surface area contributed by atoms with Crippen LogP contribution in [0.1, 0.15) is 25.7 Å². The minimum Gasteiger partial charge on any atom is -0.342 e. The largest absolute Gasteiger partial charge is 0.342 e. The third kappa shape index (κ3) is 3.58. The number of rotatable bonds is 4. The lowest BCUT2D eigenvalue weighted by Gasteiger charge is -2.31. The van der Waals surface area contributed by atoms with Gasteiger partial charge in [-0.15, -0.1) is 0 Å². The van der Waals surface area contributed by atoms with Gasteiger partial charge in [-0.2, -0.15) is 0 Å². The molecule has 30 heavy (non-hydrogen) atoms. The van der Waals surface area contributed by atoms with E-state index in [4.69, 9.17) is 4.98 Å². The fourth-order valence-corrected chi connectivity index (χ4v) is 4.30. The molecule has 0 spiro atoms. The molecule has 0 unspecified atom stereocenters. The topological polar surface area (TPSA) is 67.2 Å². The number of nitrogens with one attached hydrogen (secondary N) is 1. The van der Waals surface area contributed by atoms with Crippen LogP contribution in [0.15, 0.2) is 48.5 Å². The fraction of sp³-hybridized carbons (Fsp3) is 0.375. The van der Waals surface area contributed by atoms with Crippen LogP contribution in [0.5, 0.6) is 0 Å². The van der Waals surface area contributed by atoms with E-state index in [0.29, 0.717) is 13.1 Å². The molecule has 2 fully saturated rings. The Morgan fingerprint density at radius 1 is 0.933 bits per heavy atom. The Hall–Kier alpha value is -3.15. The van der Waals surface area contributed by atoms with Gasteiger partial charge in [-0.3, -0.25) is 9.59 Å². The van der Waals surface area contributed by atoms with E-state index in [0.717, 1.165) is 53.8 Å². The number of hydrogen-bond donors (Lipinski definition) is 1. The van der Waals surface area contributed by atoms with E-state index in [1.165, 1.54) is 0 Å². The normalized spacial score (nSPS) is 17.3. The number of nitrogens with zero attached hydrogens (tertiary/aromatic N) is 3. The van der Waals surface area contributed by atoms with Crippen molar-refractivity contribution in [3.63, 3.8) is 0 Å². The van der Waals surface area contributed by atoms with E-state index < -0.39 is 0 Å². The van der Waals surface area contributed by atoms with Crippen LogP contribution in [0.25, 0.3) is 22.4 Å². The minimum atomic E-state index is -0.0345. The Balaban J connectivity index is 1.22. The first-order valence-electron chi connectivity index (χ1n) is 10.7. The summed E-state index contributed by atoms with van der Waals surface area (Å²) in [5.41, 5.74) is 3.87. The molecule has 1 saturated carbocycles. The molecule has 1 aliphatic heterocycles. The summed E-state index contributed by atoms with van der Waals surface area (Å²) in [5.74, 6) is 1.45. The van der Waals surface area contributed by atoms with Gasteiger partial charge in [0.1, 0.15) is 5.82 Å². The number of anilines is 1. The quantitative estimate of drug-likeness (QED) is 0.721. The standard InChI is InChI=1S/C24H26N4O2/c1-27-21-5-3-2-4-20(21)26-22(27)16-8-10-19(11-9-16)25-23(29)17-12-14-28(15-13-17)24(30)18-6-7-18/h2-5,8-11,17-18H,6-7,12-15H2,1H3,(H,25,29). The van der Waals surface area contributed by atoms with E-state index in [1.807, 2.05) is 54.4 Å². The predicted molar refractivity (Wildman–Crippen MR) is 117 cm³/mol. The summed E-state index contributed by atoms with van der Waals surface area (Å²) in [7, 11) is 2.01. The molecule has 0 atom stereocenters. The average molecular weight is 402 g/mol. The third-order valence-corrected chi connectivity index (χ3v) is 6.30. The van der Waals surface area contributed by atoms with Gasteiger partial charge in [0, 0.05) is 43.2 Å². The number of aromatic nitrogens is 2. The van der Waals surface area contributed by atoms with Crippen molar-refractivity contribution in [2.24, 2.45) is 18.9 Å². The maximum Gasteiger partial charge on any atom is 0.227 e. The zero-order valence-corrected chi connectivity index (χ0v) is 17.2. The van der Waals surface area contributed by atoms with Crippen molar-refractivity contribution in [1.29, 1.82) is 0 Å². The number of benzene rings is 2. The van der Waals surface area contributed by atoms with Gasteiger partial charge >= 0.3 is 0 Å². The van der Waals surface area contributed by atoms with Crippen molar-refractivity contribution in [2.75, 3.05) is 18.4 Å². The Kier molecular flexibility index (Phi) is 4.77. The second kappa shape index (κ2) is 7.59. The van der Waals surface area contributed by atoms with Gasteiger partial charge in [0.2, 0.25) is 11.8 Å². The predicted octanol–water partition coefficient (Wildman–Crippen LogP) is 3.83. The van der Waals surface area contributed by atoms with E-state index in [9.17, 15) is 9.59 Å². The molecule has 1 aliphatic carbocycles. The van der Waals surface area contributed by atoms with Gasteiger partial charge < -0.3 is 14.8 Å². The van der Waals surface area contributed by atoms with Crippen LogP contribution < -0.4 is 5.32 Å². The number of aryl methyl sites for hydroxylation is 1. The second-order valence-corrected chi connectivity index (χ2v) is 8.42. The van der Waals surface area contributed by atoms with E-state index in [2.05, 4.69) is 16.0 Å². The summed E-state index contributed by atoms with van der Waals surface area (Å²) < 4.78 is 2.08. The second-order valence-electron chi connectivity index (χ2n) is 8.42. The van der Waals surface area contributed by atoms with Gasteiger partial charge in [0.15, 0.2) is 0 Å². The van der Waals surface area contributed by atoms with Gasteiger partial charge in [-0.05, 0) is 62.1 Å². The number of carbonyl (C=O) groups is 2. The summed E-state index contributed by atoms with van der Waals surface area (Å²) in [5, 5.41) is 3.04. The molecule has 1 N–H and O–H groups in total. The molecule has 5 rings (SSSR count). The number of amides is 2. The lowest BCUT2D eigenvalue weighted by Crippen LogP contribution is -2.42. The molecule has 154 valence electrons. The minimum absolute atomic E-state index is 0.0345. The molecular weight excluding hydrogens is 376 g/mol. The molecule has 2 aromatic carbocycles. The monoisotopic (exact) mass is 402 g/mol. The van der Waals surface area contributed by atoms with Crippen LogP contribution in [0, 0.1) is 11.8 Å². The van der Waals surface area contributed by atoms with Crippen LogP contribution in [0.4, 0.5) is 5.69 Å². The maximum atomic E-state index is 12.7. The van der Waals surface area contributed by atoms with E-state index >= 15 is 0 Å². The summed E-state index contributed by atoms with van der Waals surface area (Å²) in [6.07, 6.45) is 3.54. The van der Waals surface area contributed by atoms with Crippen molar-refractivity contribution in [2.45, 2.75) is 25.7 Å². The molecule has 1 aromatic heterocycles. The van der Waals surface area contributed by atoms with Gasteiger partial charge in [-0.1, -0.05) is 12.1 Å². The first-order chi connectivity index (χ1) is 14.6. The van der Waals surface area contributed by atoms with Crippen molar-refractivity contribution in [3.05, 3.63) is 48.5 Å². The molecule has 2 aliphatic rings. The number of piperidine rings is 1. The van der Waals surface area contributed by atoms with Crippen LogP contribution in [-0.4, -0.2) is 39.4 Å². The molecule has 6 nitrogen and oxygen atoms in total. The first kappa shape index (κ1) is 18.9. The van der Waals surface area contributed by atoms with Gasteiger partial charge in [0.05, 0.1) is 11.0 Å². The highest BCUT2D eigenvalue weighted by molar-refractivity contribution is 5.93. The fourth-order valence-electron chi connectivity index (χ4n) is 4.30. The SMILES string of the molecule is Cn1c(-c2ccc(NC(=O)C3CCN(C(=O)C4CC4)CC3)cc2)nc2ccccc21. The number of carbonyl (C=O) groups excluding carboxylic acids is 2. The highest BCUT2D eigenvalue weighted by Crippen LogP contribution is 2.32. The lowest BCUT2D eigenvalue weighted by atomic mass is 9.95. The lowest BCUT2D eigenvalue weighted by molar-refractivity contribution is -0.135. The smallest absolute Gasteiger partial charge is 0.227 e. The highest BCUT2D eigenvalue weighted by atomic mass is 16.2. The first-order valence-corrected chi connectivity index (χ1v) is 10.7. The maximum absolute atomic E-state index is 12.7. The molecule has 0 radical (unpaired) electrons. The number of para-hydroxylation sites is 2. The molecule has 2 heterocycles. The number of imidazole rings is 1. The van der Waals surface area contributed by atoms with Crippen LogP contribution >= 0.6 is 0 Å². The molecule has 1 saturated heterocycles. The van der Waals surface area contributed by atoms with Crippen molar-refractivity contribution in [1.82, 2.24) is 14.5 Å². The van der Waals surface area contributed by atoms with Crippen LogP contribution in [0.2, 0.25) is 0 Å². The molecule has 3 aromatic rings. The van der Waals surface area contributed by atoms with E-state index in [-0.39, 0.29) is 23.7 Å². The van der Waals surface area contributed by atoms with Crippen molar-refractivity contribution < 1.29 is 9.59 Å². The molecular formula is C24H26N4O2. The third-order valence-electron chi connectivity index (χ3n) is 6.30.